The number of methoxy groups -OCH3 is 1. The molecule has 1 atom stereocenters. The first-order chi connectivity index (χ1) is 13.9. The van der Waals surface area contributed by atoms with E-state index < -0.39 is 0 Å². The molecule has 0 spiro atoms. The lowest BCUT2D eigenvalue weighted by molar-refractivity contribution is -0.116. The molecule has 5 nitrogen and oxygen atoms in total. The maximum atomic E-state index is 12.3. The lowest BCUT2D eigenvalue weighted by atomic mass is 9.93. The van der Waals surface area contributed by atoms with Crippen LogP contribution in [0.25, 0.3) is 0 Å². The molecule has 156 valence electrons. The third kappa shape index (κ3) is 6.29. The van der Waals surface area contributed by atoms with Crippen LogP contribution in [-0.2, 0) is 11.3 Å². The van der Waals surface area contributed by atoms with E-state index in [1.165, 1.54) is 16.9 Å². The maximum absolute atomic E-state index is 12.3. The summed E-state index contributed by atoms with van der Waals surface area (Å²) >= 11 is 7.63. The molecule has 7 heteroatoms. The number of piperidine rings is 1. The average Bonchev–Trinajstić information content (AvgIpc) is 3.16. The Labute approximate surface area is 181 Å². The second kappa shape index (κ2) is 10.2. The summed E-state index contributed by atoms with van der Waals surface area (Å²) in [7, 11) is 1.56. The Kier molecular flexibility index (Phi) is 7.70. The van der Waals surface area contributed by atoms with Gasteiger partial charge in [-0.25, -0.2) is 0 Å². The summed E-state index contributed by atoms with van der Waals surface area (Å²) in [5.41, 5.74) is 1.89. The van der Waals surface area contributed by atoms with Crippen LogP contribution in [0.2, 0.25) is 5.02 Å². The smallest absolute Gasteiger partial charge is 0.224 e. The van der Waals surface area contributed by atoms with Crippen LogP contribution in [-0.4, -0.2) is 36.8 Å². The van der Waals surface area contributed by atoms with Gasteiger partial charge in [-0.2, -0.15) is 0 Å². The molecule has 2 heterocycles. The van der Waals surface area contributed by atoms with Crippen LogP contribution in [0.4, 0.5) is 5.69 Å². The molecular weight excluding hydrogens is 408 g/mol. The largest absolute Gasteiger partial charge is 0.495 e. The molecule has 1 aliphatic heterocycles. The molecule has 2 aromatic rings. The molecule has 1 aromatic heterocycles. The van der Waals surface area contributed by atoms with Crippen molar-refractivity contribution in [2.45, 2.75) is 39.2 Å². The number of hydrogen-bond donors (Lipinski definition) is 1. The molecule has 1 aliphatic rings. The monoisotopic (exact) mass is 434 g/mol. The van der Waals surface area contributed by atoms with Gasteiger partial charge in [0.2, 0.25) is 5.91 Å². The van der Waals surface area contributed by atoms with Crippen LogP contribution in [0.15, 0.2) is 29.6 Å². The van der Waals surface area contributed by atoms with Crippen LogP contribution in [0, 0.1) is 5.92 Å². The van der Waals surface area contributed by atoms with Crippen LogP contribution >= 0.6 is 22.9 Å². The highest BCUT2D eigenvalue weighted by molar-refractivity contribution is 7.12. The number of carbonyl (C=O) groups is 2. The predicted molar refractivity (Wildman–Crippen MR) is 118 cm³/mol. The molecule has 29 heavy (non-hydrogen) atoms. The van der Waals surface area contributed by atoms with Gasteiger partial charge in [0.15, 0.2) is 5.78 Å². The summed E-state index contributed by atoms with van der Waals surface area (Å²) in [6.07, 6.45) is 3.66. The van der Waals surface area contributed by atoms with Gasteiger partial charge in [-0.05, 0) is 73.9 Å². The molecule has 0 radical (unpaired) electrons. The van der Waals surface area contributed by atoms with E-state index in [-0.39, 0.29) is 11.7 Å². The van der Waals surface area contributed by atoms with Gasteiger partial charge in [-0.3, -0.25) is 14.5 Å². The fraction of sp³-hybridized carbons (Fsp3) is 0.455. The number of thiophene rings is 1. The highest BCUT2D eigenvalue weighted by atomic mass is 35.5. The zero-order valence-corrected chi connectivity index (χ0v) is 18.4. The number of ether oxygens (including phenoxy) is 1. The molecular formula is C22H27ClN2O3S. The minimum atomic E-state index is 0.00675. The molecule has 1 fully saturated rings. The Balaban J connectivity index is 1.45. The first-order valence-corrected chi connectivity index (χ1v) is 11.1. The lowest BCUT2D eigenvalue weighted by Gasteiger charge is -2.32. The van der Waals surface area contributed by atoms with E-state index in [9.17, 15) is 9.59 Å². The number of halogens is 1. The number of nitrogens with one attached hydrogen (secondary N) is 1. The predicted octanol–water partition coefficient (Wildman–Crippen LogP) is 5.24. The van der Waals surface area contributed by atoms with Gasteiger partial charge >= 0.3 is 0 Å². The number of nitrogens with zero attached hydrogens (tertiary/aromatic N) is 1. The first-order valence-electron chi connectivity index (χ1n) is 9.88. The van der Waals surface area contributed by atoms with Crippen molar-refractivity contribution in [2.75, 3.05) is 25.5 Å². The summed E-state index contributed by atoms with van der Waals surface area (Å²) in [5.74, 6) is 1.24. The van der Waals surface area contributed by atoms with Gasteiger partial charge in [-0.1, -0.05) is 11.6 Å². The zero-order chi connectivity index (χ0) is 20.8. The molecule has 1 N–H and O–H groups in total. The van der Waals surface area contributed by atoms with Crippen LogP contribution in [0.3, 0.4) is 0 Å². The summed E-state index contributed by atoms with van der Waals surface area (Å²) < 4.78 is 5.13. The number of benzene rings is 1. The van der Waals surface area contributed by atoms with Gasteiger partial charge in [0.25, 0.3) is 0 Å². The minimum absolute atomic E-state index is 0.00675. The third-order valence-electron chi connectivity index (χ3n) is 5.23. The van der Waals surface area contributed by atoms with Gasteiger partial charge in [0.05, 0.1) is 17.0 Å². The summed E-state index contributed by atoms with van der Waals surface area (Å²) in [6, 6.07) is 7.25. The first kappa shape index (κ1) is 21.8. The van der Waals surface area contributed by atoms with E-state index in [0.717, 1.165) is 43.8 Å². The standard InChI is InChI=1S/C22H27ClN2O3S/c1-15(26)21-10-17(14-29-21)13-25-9-3-4-16(12-25)5-8-22(27)24-18-6-7-20(28-2)19(23)11-18/h6-7,10-11,14,16H,3-5,8-9,12-13H2,1-2H3,(H,24,27)/t16-/m0/s1. The number of anilines is 1. The number of ketones is 1. The van der Waals surface area contributed by atoms with Crippen molar-refractivity contribution in [3.05, 3.63) is 45.1 Å². The van der Waals surface area contributed by atoms with E-state index in [1.807, 2.05) is 6.07 Å². The van der Waals surface area contributed by atoms with Crippen molar-refractivity contribution in [3.63, 3.8) is 0 Å². The highest BCUT2D eigenvalue weighted by Gasteiger charge is 2.21. The van der Waals surface area contributed by atoms with Crippen LogP contribution < -0.4 is 10.1 Å². The molecule has 1 amide bonds. The number of hydrogen-bond acceptors (Lipinski definition) is 5. The number of amides is 1. The number of likely N-dealkylation sites (tertiary alicyclic amines) is 1. The van der Waals surface area contributed by atoms with E-state index in [2.05, 4.69) is 15.6 Å². The second-order valence-electron chi connectivity index (χ2n) is 7.55. The molecule has 0 aliphatic carbocycles. The number of carbonyl (C=O) groups excluding carboxylic acids is 2. The summed E-state index contributed by atoms with van der Waals surface area (Å²) in [6.45, 7) is 4.54. The van der Waals surface area contributed by atoms with Crippen molar-refractivity contribution in [2.24, 2.45) is 5.92 Å². The van der Waals surface area contributed by atoms with Gasteiger partial charge in [0, 0.05) is 25.2 Å². The minimum Gasteiger partial charge on any atom is -0.495 e. The Morgan fingerprint density at radius 1 is 1.34 bits per heavy atom. The molecule has 0 unspecified atom stereocenters. The van der Waals surface area contributed by atoms with Gasteiger partial charge < -0.3 is 10.1 Å². The third-order valence-corrected chi connectivity index (χ3v) is 6.60. The molecule has 0 bridgehead atoms. The van der Waals surface area contributed by atoms with Crippen molar-refractivity contribution < 1.29 is 14.3 Å². The Hall–Kier alpha value is -1.89. The fourth-order valence-electron chi connectivity index (χ4n) is 3.73. The molecule has 3 rings (SSSR count). The normalized spacial score (nSPS) is 17.1. The molecule has 1 aromatic carbocycles. The molecule has 0 saturated carbocycles. The van der Waals surface area contributed by atoms with Gasteiger partial charge in [-0.15, -0.1) is 11.3 Å². The van der Waals surface area contributed by atoms with E-state index in [0.29, 0.717) is 28.8 Å². The van der Waals surface area contributed by atoms with Crippen molar-refractivity contribution in [3.8, 4) is 5.75 Å². The van der Waals surface area contributed by atoms with E-state index in [1.54, 1.807) is 32.2 Å². The number of Topliss-reactive ketones (excluding diaryl/α,β-unsaturated/α-hetero) is 1. The van der Waals surface area contributed by atoms with E-state index in [4.69, 9.17) is 16.3 Å². The van der Waals surface area contributed by atoms with Crippen molar-refractivity contribution in [1.29, 1.82) is 0 Å². The Morgan fingerprint density at radius 3 is 2.86 bits per heavy atom. The summed E-state index contributed by atoms with van der Waals surface area (Å²) in [4.78, 5) is 27.1. The topological polar surface area (TPSA) is 58.6 Å². The summed E-state index contributed by atoms with van der Waals surface area (Å²) in [5, 5.41) is 5.47. The van der Waals surface area contributed by atoms with Crippen molar-refractivity contribution >= 4 is 40.3 Å². The van der Waals surface area contributed by atoms with Crippen LogP contribution in [0.5, 0.6) is 5.75 Å². The highest BCUT2D eigenvalue weighted by Crippen LogP contribution is 2.28. The fourth-order valence-corrected chi connectivity index (χ4v) is 4.80. The van der Waals surface area contributed by atoms with E-state index >= 15 is 0 Å². The maximum Gasteiger partial charge on any atom is 0.224 e. The quantitative estimate of drug-likeness (QED) is 0.577. The second-order valence-corrected chi connectivity index (χ2v) is 8.87. The zero-order valence-electron chi connectivity index (χ0n) is 16.9. The Bertz CT molecular complexity index is 867. The SMILES string of the molecule is COc1ccc(NC(=O)CC[C@@H]2CCCN(Cc3csc(C(C)=O)c3)C2)cc1Cl. The lowest BCUT2D eigenvalue weighted by Crippen LogP contribution is -2.35. The van der Waals surface area contributed by atoms with Gasteiger partial charge in [0.1, 0.15) is 5.75 Å². The average molecular weight is 435 g/mol. The Morgan fingerprint density at radius 2 is 2.17 bits per heavy atom. The molecule has 1 saturated heterocycles. The van der Waals surface area contributed by atoms with Crippen LogP contribution in [0.1, 0.15) is 47.8 Å². The number of rotatable bonds is 8. The van der Waals surface area contributed by atoms with Crippen molar-refractivity contribution in [1.82, 2.24) is 4.90 Å².